The fraction of sp³-hybridized carbons (Fsp3) is 0.412. The second kappa shape index (κ2) is 7.42. The maximum Gasteiger partial charge on any atom is 0.325 e. The summed E-state index contributed by atoms with van der Waals surface area (Å²) in [6.07, 6.45) is 1.40. The molecule has 138 valence electrons. The van der Waals surface area contributed by atoms with Crippen LogP contribution in [0.15, 0.2) is 22.7 Å². The summed E-state index contributed by atoms with van der Waals surface area (Å²) >= 11 is 0. The van der Waals surface area contributed by atoms with Crippen molar-refractivity contribution < 1.29 is 23.6 Å². The van der Waals surface area contributed by atoms with E-state index in [1.165, 1.54) is 7.11 Å². The van der Waals surface area contributed by atoms with Crippen LogP contribution >= 0.6 is 0 Å². The van der Waals surface area contributed by atoms with Gasteiger partial charge in [0.2, 0.25) is 11.7 Å². The molecule has 9 heteroatoms. The van der Waals surface area contributed by atoms with Crippen molar-refractivity contribution >= 4 is 11.9 Å². The number of nitrogens with one attached hydrogen (secondary N) is 1. The zero-order chi connectivity index (χ0) is 18.7. The number of rotatable bonds is 7. The fourth-order valence-corrected chi connectivity index (χ4v) is 2.76. The Hall–Kier alpha value is -3.10. The average Bonchev–Trinajstić information content (AvgIpc) is 3.22. The van der Waals surface area contributed by atoms with Crippen LogP contribution in [-0.2, 0) is 11.3 Å². The predicted octanol–water partition coefficient (Wildman–Crippen LogP) is 1.97. The maximum absolute atomic E-state index is 12.3. The highest BCUT2D eigenvalue weighted by Crippen LogP contribution is 2.31. The first kappa shape index (κ1) is 17.7. The zero-order valence-corrected chi connectivity index (χ0v) is 14.8. The number of carbonyl (C=O) groups excluding carboxylic acids is 2. The topological polar surface area (TPSA) is 107 Å². The molecule has 1 saturated heterocycles. The van der Waals surface area contributed by atoms with E-state index in [-0.39, 0.29) is 18.3 Å². The summed E-state index contributed by atoms with van der Waals surface area (Å²) in [6.45, 7) is 1.89. The van der Waals surface area contributed by atoms with Crippen LogP contribution in [0.2, 0.25) is 0 Å². The van der Waals surface area contributed by atoms with Crippen LogP contribution in [0, 0.1) is 0 Å². The molecule has 26 heavy (non-hydrogen) atoms. The third-order valence-corrected chi connectivity index (χ3v) is 4.09. The van der Waals surface area contributed by atoms with Gasteiger partial charge < -0.3 is 19.3 Å². The van der Waals surface area contributed by atoms with Crippen molar-refractivity contribution in [2.75, 3.05) is 14.2 Å². The number of imide groups is 1. The van der Waals surface area contributed by atoms with E-state index in [9.17, 15) is 9.59 Å². The molecule has 1 aromatic heterocycles. The quantitative estimate of drug-likeness (QED) is 0.752. The lowest BCUT2D eigenvalue weighted by Crippen LogP contribution is -2.31. The van der Waals surface area contributed by atoms with Gasteiger partial charge >= 0.3 is 6.03 Å². The van der Waals surface area contributed by atoms with Gasteiger partial charge in [0.25, 0.3) is 5.91 Å². The van der Waals surface area contributed by atoms with Crippen molar-refractivity contribution in [2.24, 2.45) is 0 Å². The van der Waals surface area contributed by atoms with E-state index in [0.29, 0.717) is 29.3 Å². The molecule has 1 aliphatic heterocycles. The molecule has 0 unspecified atom stereocenters. The molecule has 1 atom stereocenters. The van der Waals surface area contributed by atoms with Crippen molar-refractivity contribution in [2.45, 2.75) is 32.4 Å². The number of amides is 3. The van der Waals surface area contributed by atoms with Crippen molar-refractivity contribution in [3.63, 3.8) is 0 Å². The molecule has 0 bridgehead atoms. The summed E-state index contributed by atoms with van der Waals surface area (Å²) in [5, 5.41) is 6.57. The van der Waals surface area contributed by atoms with E-state index in [4.69, 9.17) is 14.0 Å². The monoisotopic (exact) mass is 360 g/mol. The van der Waals surface area contributed by atoms with Gasteiger partial charge in [-0.3, -0.25) is 9.69 Å². The molecule has 9 nitrogen and oxygen atoms in total. The second-order valence-corrected chi connectivity index (χ2v) is 5.80. The molecule has 3 rings (SSSR count). The second-order valence-electron chi connectivity index (χ2n) is 5.80. The number of nitrogens with zero attached hydrogens (tertiary/aromatic N) is 3. The molecule has 0 aliphatic carbocycles. The summed E-state index contributed by atoms with van der Waals surface area (Å²) in [6, 6.07) is 4.29. The fourth-order valence-electron chi connectivity index (χ4n) is 2.76. The number of carbonyl (C=O) groups is 2. The largest absolute Gasteiger partial charge is 0.493 e. The van der Waals surface area contributed by atoms with E-state index < -0.39 is 12.1 Å². The minimum absolute atomic E-state index is 0.0643. The molecule has 3 amide bonds. The van der Waals surface area contributed by atoms with Crippen LogP contribution in [0.4, 0.5) is 4.79 Å². The molecule has 1 fully saturated rings. The number of urea groups is 1. The summed E-state index contributed by atoms with van der Waals surface area (Å²) in [7, 11) is 3.08. The lowest BCUT2D eigenvalue weighted by atomic mass is 10.2. The summed E-state index contributed by atoms with van der Waals surface area (Å²) in [5.41, 5.74) is 0.665. The van der Waals surface area contributed by atoms with Gasteiger partial charge in [-0.15, -0.1) is 0 Å². The predicted molar refractivity (Wildman–Crippen MR) is 90.6 cm³/mol. The van der Waals surface area contributed by atoms with E-state index in [1.54, 1.807) is 25.3 Å². The number of hydrogen-bond donors (Lipinski definition) is 1. The van der Waals surface area contributed by atoms with Crippen molar-refractivity contribution in [3.8, 4) is 22.9 Å². The number of hydrogen-bond acceptors (Lipinski definition) is 7. The molecule has 2 heterocycles. The number of benzene rings is 1. The van der Waals surface area contributed by atoms with Crippen molar-refractivity contribution in [3.05, 3.63) is 24.1 Å². The molecule has 0 saturated carbocycles. The molecular weight excluding hydrogens is 340 g/mol. The molecule has 0 spiro atoms. The van der Waals surface area contributed by atoms with Gasteiger partial charge in [0, 0.05) is 5.56 Å². The van der Waals surface area contributed by atoms with Crippen molar-refractivity contribution in [1.29, 1.82) is 0 Å². The Balaban J connectivity index is 1.76. The molecule has 2 aromatic rings. The first-order valence-corrected chi connectivity index (χ1v) is 8.24. The minimum Gasteiger partial charge on any atom is -0.493 e. The van der Waals surface area contributed by atoms with E-state index in [0.717, 1.165) is 11.3 Å². The summed E-state index contributed by atoms with van der Waals surface area (Å²) in [5.74, 6) is 1.35. The Morgan fingerprint density at radius 1 is 1.23 bits per heavy atom. The standard InChI is InChI=1S/C17H20N4O5/c1-4-5-11-16(22)21(17(23)18-11)9-14-19-15(20-26-14)10-6-7-12(24-2)13(8-10)25-3/h6-8,11H,4-5,9H2,1-3H3,(H,18,23)/t11-/m0/s1. The van der Waals surface area contributed by atoms with Gasteiger partial charge in [-0.25, -0.2) is 4.79 Å². The maximum atomic E-state index is 12.3. The lowest BCUT2D eigenvalue weighted by molar-refractivity contribution is -0.128. The van der Waals surface area contributed by atoms with Crippen LogP contribution in [0.25, 0.3) is 11.4 Å². The normalized spacial score (nSPS) is 16.7. The van der Waals surface area contributed by atoms with Crippen LogP contribution in [0.5, 0.6) is 11.5 Å². The minimum atomic E-state index is -0.485. The number of aromatic nitrogens is 2. The molecule has 1 aliphatic rings. The average molecular weight is 360 g/mol. The van der Waals surface area contributed by atoms with E-state index >= 15 is 0 Å². The smallest absolute Gasteiger partial charge is 0.325 e. The highest BCUT2D eigenvalue weighted by molar-refractivity contribution is 6.04. The molecular formula is C17H20N4O5. The van der Waals surface area contributed by atoms with Gasteiger partial charge in [0.1, 0.15) is 12.6 Å². The first-order chi connectivity index (χ1) is 12.6. The van der Waals surface area contributed by atoms with Gasteiger partial charge in [-0.1, -0.05) is 18.5 Å². The van der Waals surface area contributed by atoms with Gasteiger partial charge in [0.15, 0.2) is 11.5 Å². The van der Waals surface area contributed by atoms with Crippen LogP contribution in [0.3, 0.4) is 0 Å². The Labute approximate surface area is 150 Å². The number of ether oxygens (including phenoxy) is 2. The highest BCUT2D eigenvalue weighted by Gasteiger charge is 2.38. The zero-order valence-electron chi connectivity index (χ0n) is 14.8. The Morgan fingerprint density at radius 2 is 2.00 bits per heavy atom. The van der Waals surface area contributed by atoms with E-state index in [1.807, 2.05) is 6.92 Å². The Bertz CT molecular complexity index is 819. The third-order valence-electron chi connectivity index (χ3n) is 4.09. The molecule has 1 aromatic carbocycles. The molecule has 1 N–H and O–H groups in total. The van der Waals surface area contributed by atoms with Crippen LogP contribution in [-0.4, -0.2) is 47.2 Å². The molecule has 0 radical (unpaired) electrons. The Kier molecular flexibility index (Phi) is 5.06. The van der Waals surface area contributed by atoms with Gasteiger partial charge in [0.05, 0.1) is 14.2 Å². The van der Waals surface area contributed by atoms with Gasteiger partial charge in [-0.2, -0.15) is 4.98 Å². The summed E-state index contributed by atoms with van der Waals surface area (Å²) < 4.78 is 15.7. The summed E-state index contributed by atoms with van der Waals surface area (Å²) in [4.78, 5) is 29.6. The van der Waals surface area contributed by atoms with Gasteiger partial charge in [-0.05, 0) is 24.6 Å². The van der Waals surface area contributed by atoms with E-state index in [2.05, 4.69) is 15.5 Å². The van der Waals surface area contributed by atoms with Crippen LogP contribution in [0.1, 0.15) is 25.7 Å². The third kappa shape index (κ3) is 3.32. The highest BCUT2D eigenvalue weighted by atomic mass is 16.5. The SMILES string of the molecule is CCC[C@@H]1NC(=O)N(Cc2nc(-c3ccc(OC)c(OC)c3)no2)C1=O. The van der Waals surface area contributed by atoms with Crippen LogP contribution < -0.4 is 14.8 Å². The van der Waals surface area contributed by atoms with Crippen molar-refractivity contribution in [1.82, 2.24) is 20.4 Å². The first-order valence-electron chi connectivity index (χ1n) is 8.24. The Morgan fingerprint density at radius 3 is 2.69 bits per heavy atom. The lowest BCUT2D eigenvalue weighted by Gasteiger charge is -2.09. The number of methoxy groups -OCH3 is 2.